The lowest BCUT2D eigenvalue weighted by molar-refractivity contribution is 0.0585. The van der Waals surface area contributed by atoms with Crippen molar-refractivity contribution in [1.29, 1.82) is 0 Å². The van der Waals surface area contributed by atoms with Crippen molar-refractivity contribution in [3.63, 3.8) is 0 Å². The van der Waals surface area contributed by atoms with E-state index in [0.29, 0.717) is 0 Å². The van der Waals surface area contributed by atoms with Crippen molar-refractivity contribution in [3.05, 3.63) is 11.4 Å². The molecular formula is C7H11NO2. The molecule has 1 aliphatic heterocycles. The minimum Gasteiger partial charge on any atom is -0.396 e. The second kappa shape index (κ2) is 1.74. The molecule has 0 amide bonds. The number of nitrogens with one attached hydrogen (secondary N) is 1. The van der Waals surface area contributed by atoms with Gasteiger partial charge < -0.3 is 15.5 Å². The van der Waals surface area contributed by atoms with E-state index in [0.717, 1.165) is 12.8 Å². The van der Waals surface area contributed by atoms with Crippen molar-refractivity contribution in [2.45, 2.75) is 12.8 Å². The number of hydrogen-bond acceptors (Lipinski definition) is 3. The maximum atomic E-state index is 8.94. The van der Waals surface area contributed by atoms with Crippen LogP contribution in [0.4, 0.5) is 0 Å². The summed E-state index contributed by atoms with van der Waals surface area (Å²) in [5.41, 5.74) is 2.25. The van der Waals surface area contributed by atoms with E-state index < -0.39 is 0 Å². The number of aliphatic hydroxyl groups excluding tert-OH is 2. The van der Waals surface area contributed by atoms with Crippen LogP contribution in [0.2, 0.25) is 0 Å². The van der Waals surface area contributed by atoms with Crippen LogP contribution in [-0.2, 0) is 0 Å². The molecule has 3 N–H and O–H groups in total. The fraction of sp³-hybridized carbons (Fsp3) is 0.714. The predicted octanol–water partition coefficient (Wildman–Crippen LogP) is -0.434. The maximum absolute atomic E-state index is 8.94. The molecule has 56 valence electrons. The highest BCUT2D eigenvalue weighted by molar-refractivity contribution is 5.37. The van der Waals surface area contributed by atoms with E-state index in [1.54, 1.807) is 0 Å². The average molecular weight is 141 g/mol. The Bertz CT molecular complexity index is 178. The third-order valence-corrected chi connectivity index (χ3v) is 2.38. The smallest absolute Gasteiger partial charge is 0.0516 e. The molecule has 1 aliphatic carbocycles. The van der Waals surface area contributed by atoms with Gasteiger partial charge in [0.2, 0.25) is 0 Å². The molecule has 0 unspecified atom stereocenters. The minimum absolute atomic E-state index is 0.0954. The summed E-state index contributed by atoms with van der Waals surface area (Å²) in [5, 5.41) is 21.0. The second-order valence-electron chi connectivity index (χ2n) is 3.25. The van der Waals surface area contributed by atoms with Crippen LogP contribution >= 0.6 is 0 Å². The molecular weight excluding hydrogens is 130 g/mol. The van der Waals surface area contributed by atoms with Gasteiger partial charge in [-0.1, -0.05) is 0 Å². The van der Waals surface area contributed by atoms with Crippen LogP contribution < -0.4 is 5.32 Å². The Morgan fingerprint density at radius 3 is 2.00 bits per heavy atom. The van der Waals surface area contributed by atoms with Crippen LogP contribution in [0, 0.1) is 5.41 Å². The van der Waals surface area contributed by atoms with E-state index in [2.05, 4.69) is 5.32 Å². The molecule has 2 aliphatic rings. The Labute approximate surface area is 59.4 Å². The van der Waals surface area contributed by atoms with E-state index in [-0.39, 0.29) is 18.6 Å². The highest BCUT2D eigenvalue weighted by Gasteiger charge is 2.44. The van der Waals surface area contributed by atoms with Gasteiger partial charge in [0.25, 0.3) is 0 Å². The molecule has 0 aromatic rings. The van der Waals surface area contributed by atoms with Gasteiger partial charge in [-0.25, -0.2) is 0 Å². The van der Waals surface area contributed by atoms with Gasteiger partial charge in [0.15, 0.2) is 0 Å². The zero-order chi connectivity index (χ0) is 7.19. The summed E-state index contributed by atoms with van der Waals surface area (Å²) in [6.45, 7) is 0.191. The van der Waals surface area contributed by atoms with E-state index >= 15 is 0 Å². The summed E-state index contributed by atoms with van der Waals surface area (Å²) < 4.78 is 0. The Hall–Kier alpha value is -0.540. The molecule has 0 aromatic heterocycles. The summed E-state index contributed by atoms with van der Waals surface area (Å²) in [5.74, 6) is 0. The van der Waals surface area contributed by atoms with Gasteiger partial charge in [-0.3, -0.25) is 0 Å². The Morgan fingerprint density at radius 1 is 1.20 bits per heavy atom. The number of rotatable bonds is 2. The Morgan fingerprint density at radius 2 is 1.70 bits per heavy atom. The third kappa shape index (κ3) is 0.676. The largest absolute Gasteiger partial charge is 0.396 e. The molecule has 0 radical (unpaired) electrons. The number of hydrogen-bond donors (Lipinski definition) is 3. The van der Waals surface area contributed by atoms with E-state index in [1.165, 1.54) is 11.4 Å². The second-order valence-corrected chi connectivity index (χ2v) is 3.25. The Kier molecular flexibility index (Phi) is 1.08. The van der Waals surface area contributed by atoms with Crippen LogP contribution in [0.25, 0.3) is 0 Å². The lowest BCUT2D eigenvalue weighted by Crippen LogP contribution is -2.30. The van der Waals surface area contributed by atoms with Crippen LogP contribution in [0.15, 0.2) is 11.4 Å². The standard InChI is InChI=1S/C7H11NO2/c9-3-7(4-10)1-5-6(2-7)8-5/h8-10H,1-4H2. The normalized spacial score (nSPS) is 26.2. The van der Waals surface area contributed by atoms with Crippen LogP contribution in [0.1, 0.15) is 12.8 Å². The van der Waals surface area contributed by atoms with Crippen molar-refractivity contribution in [1.82, 2.24) is 5.32 Å². The fourth-order valence-corrected chi connectivity index (χ4v) is 1.54. The summed E-state index contributed by atoms with van der Waals surface area (Å²) in [6, 6.07) is 0. The molecule has 0 fully saturated rings. The first-order valence-electron chi connectivity index (χ1n) is 3.50. The average Bonchev–Trinajstić information content (AvgIpc) is 2.60. The van der Waals surface area contributed by atoms with Gasteiger partial charge in [0.05, 0.1) is 13.2 Å². The minimum atomic E-state index is -0.226. The molecule has 0 aromatic carbocycles. The summed E-state index contributed by atoms with van der Waals surface area (Å²) >= 11 is 0. The van der Waals surface area contributed by atoms with Crippen molar-refractivity contribution >= 4 is 0 Å². The van der Waals surface area contributed by atoms with Gasteiger partial charge in [-0.15, -0.1) is 0 Å². The fourth-order valence-electron chi connectivity index (χ4n) is 1.54. The van der Waals surface area contributed by atoms with Crippen molar-refractivity contribution < 1.29 is 10.2 Å². The predicted molar refractivity (Wildman–Crippen MR) is 36.0 cm³/mol. The van der Waals surface area contributed by atoms with Crippen molar-refractivity contribution in [3.8, 4) is 0 Å². The molecule has 1 heterocycles. The molecule has 3 heteroatoms. The first-order valence-corrected chi connectivity index (χ1v) is 3.50. The Balaban J connectivity index is 2.05. The monoisotopic (exact) mass is 141 g/mol. The molecule has 0 spiro atoms. The highest BCUT2D eigenvalue weighted by Crippen LogP contribution is 2.46. The molecule has 10 heavy (non-hydrogen) atoms. The van der Waals surface area contributed by atoms with Gasteiger partial charge in [0, 0.05) is 16.8 Å². The van der Waals surface area contributed by atoms with E-state index in [4.69, 9.17) is 10.2 Å². The molecule has 0 atom stereocenters. The van der Waals surface area contributed by atoms with Gasteiger partial charge >= 0.3 is 0 Å². The van der Waals surface area contributed by atoms with E-state index in [9.17, 15) is 0 Å². The zero-order valence-corrected chi connectivity index (χ0v) is 5.72. The van der Waals surface area contributed by atoms with Crippen LogP contribution in [0.3, 0.4) is 0 Å². The molecule has 2 rings (SSSR count). The van der Waals surface area contributed by atoms with Crippen molar-refractivity contribution in [2.24, 2.45) is 5.41 Å². The number of piperidine rings is 1. The summed E-state index contributed by atoms with van der Waals surface area (Å²) in [6.07, 6.45) is 1.66. The molecule has 0 bridgehead atoms. The SMILES string of the molecule is OCC1(CO)CC2=C(C1)N2. The molecule has 0 saturated carbocycles. The number of aliphatic hydroxyl groups is 2. The third-order valence-electron chi connectivity index (χ3n) is 2.38. The maximum Gasteiger partial charge on any atom is 0.0516 e. The topological polar surface area (TPSA) is 62.4 Å². The summed E-state index contributed by atoms with van der Waals surface area (Å²) in [4.78, 5) is 0. The first kappa shape index (κ1) is 6.19. The molecule has 3 nitrogen and oxygen atoms in total. The van der Waals surface area contributed by atoms with Gasteiger partial charge in [-0.2, -0.15) is 0 Å². The van der Waals surface area contributed by atoms with Gasteiger partial charge in [-0.05, 0) is 12.8 Å². The highest BCUT2D eigenvalue weighted by atomic mass is 16.3. The lowest BCUT2D eigenvalue weighted by atomic mass is 9.86. The quantitative estimate of drug-likeness (QED) is 0.489. The van der Waals surface area contributed by atoms with E-state index in [1.807, 2.05) is 0 Å². The zero-order valence-electron chi connectivity index (χ0n) is 5.72. The van der Waals surface area contributed by atoms with Crippen LogP contribution in [0.5, 0.6) is 0 Å². The number of allylic oxidation sites excluding steroid dienone is 2. The molecule has 0 saturated heterocycles. The first-order chi connectivity index (χ1) is 4.79. The van der Waals surface area contributed by atoms with Crippen molar-refractivity contribution in [2.75, 3.05) is 13.2 Å². The lowest BCUT2D eigenvalue weighted by Gasteiger charge is -2.25. The van der Waals surface area contributed by atoms with Crippen LogP contribution in [-0.4, -0.2) is 23.4 Å². The summed E-state index contributed by atoms with van der Waals surface area (Å²) in [7, 11) is 0. The van der Waals surface area contributed by atoms with Gasteiger partial charge in [0.1, 0.15) is 0 Å².